The quantitative estimate of drug-likeness (QED) is 0.777. The van der Waals surface area contributed by atoms with Crippen LogP contribution in [0.15, 0.2) is 30.4 Å². The van der Waals surface area contributed by atoms with Crippen LogP contribution in [-0.2, 0) is 0 Å². The van der Waals surface area contributed by atoms with Crippen molar-refractivity contribution >= 4 is 5.91 Å². The molecule has 0 saturated carbocycles. The number of rotatable bonds is 7. The van der Waals surface area contributed by atoms with E-state index in [4.69, 9.17) is 9.47 Å². The number of nitrogens with one attached hydrogen (secondary N) is 1. The van der Waals surface area contributed by atoms with E-state index in [9.17, 15) is 4.79 Å². The molecule has 0 atom stereocenters. The first-order chi connectivity index (χ1) is 10.1. The summed E-state index contributed by atoms with van der Waals surface area (Å²) in [7, 11) is 3.11. The molecule has 0 bridgehead atoms. The molecule has 4 nitrogen and oxygen atoms in total. The van der Waals surface area contributed by atoms with Crippen LogP contribution < -0.4 is 14.8 Å². The molecule has 1 aromatic rings. The van der Waals surface area contributed by atoms with Crippen LogP contribution in [-0.4, -0.2) is 26.7 Å². The van der Waals surface area contributed by atoms with E-state index >= 15 is 0 Å². The molecule has 0 heterocycles. The molecule has 0 radical (unpaired) electrons. The van der Waals surface area contributed by atoms with Gasteiger partial charge in [-0.2, -0.15) is 0 Å². The van der Waals surface area contributed by atoms with Crippen molar-refractivity contribution in [3.63, 3.8) is 0 Å². The molecule has 0 unspecified atom stereocenters. The lowest BCUT2D eigenvalue weighted by atomic mass is 10.1. The fourth-order valence-electron chi connectivity index (χ4n) is 1.61. The van der Waals surface area contributed by atoms with E-state index < -0.39 is 0 Å². The van der Waals surface area contributed by atoms with Gasteiger partial charge in [-0.05, 0) is 25.0 Å². The van der Waals surface area contributed by atoms with E-state index in [0.29, 0.717) is 23.6 Å². The first-order valence-corrected chi connectivity index (χ1v) is 7.29. The maximum atomic E-state index is 12.0. The fraction of sp³-hybridized carbons (Fsp3) is 0.471. The molecule has 1 rings (SSSR count). The van der Waals surface area contributed by atoms with Crippen molar-refractivity contribution in [2.45, 2.75) is 33.6 Å². The molecular weight excluding hydrogens is 266 g/mol. The summed E-state index contributed by atoms with van der Waals surface area (Å²) in [5, 5.41) is 2.86. The van der Waals surface area contributed by atoms with E-state index in [0.717, 1.165) is 18.4 Å². The van der Waals surface area contributed by atoms with Crippen molar-refractivity contribution in [3.05, 3.63) is 35.9 Å². The Labute approximate surface area is 128 Å². The lowest BCUT2D eigenvalue weighted by molar-refractivity contribution is 0.0951. The third kappa shape index (κ3) is 6.34. The molecule has 118 valence electrons. The van der Waals surface area contributed by atoms with Gasteiger partial charge in [-0.3, -0.25) is 4.79 Å². The van der Waals surface area contributed by atoms with Crippen molar-refractivity contribution in [2.75, 3.05) is 20.8 Å². The van der Waals surface area contributed by atoms with Gasteiger partial charge in [0.2, 0.25) is 0 Å². The highest BCUT2D eigenvalue weighted by molar-refractivity contribution is 5.97. The van der Waals surface area contributed by atoms with Crippen LogP contribution in [0.4, 0.5) is 0 Å². The average molecular weight is 293 g/mol. The molecule has 0 spiro atoms. The SMILES string of the molecule is C=C(CC)CCNC(=O)c1ccc(OC)cc1OC.CC. The Hall–Kier alpha value is -1.97. The number of amides is 1. The van der Waals surface area contributed by atoms with Crippen LogP contribution in [0.2, 0.25) is 0 Å². The van der Waals surface area contributed by atoms with Crippen molar-refractivity contribution in [3.8, 4) is 11.5 Å². The number of methoxy groups -OCH3 is 2. The second-order valence-electron chi connectivity index (χ2n) is 4.18. The standard InChI is InChI=1S/C15H21NO3.C2H6/c1-5-11(2)8-9-16-15(17)13-7-6-12(18-3)10-14(13)19-4;1-2/h6-7,10H,2,5,8-9H2,1,3-4H3,(H,16,17);1-2H3. The summed E-state index contributed by atoms with van der Waals surface area (Å²) in [5.74, 6) is 1.02. The Balaban J connectivity index is 0.00000191. The number of hydrogen-bond acceptors (Lipinski definition) is 3. The zero-order chi connectivity index (χ0) is 16.3. The average Bonchev–Trinajstić information content (AvgIpc) is 2.55. The monoisotopic (exact) mass is 293 g/mol. The van der Waals surface area contributed by atoms with E-state index in [1.807, 2.05) is 13.8 Å². The van der Waals surface area contributed by atoms with Crippen LogP contribution in [0.3, 0.4) is 0 Å². The predicted octanol–water partition coefficient (Wildman–Crippen LogP) is 3.82. The number of carbonyl (C=O) groups is 1. The molecule has 1 aromatic carbocycles. The largest absolute Gasteiger partial charge is 0.497 e. The van der Waals surface area contributed by atoms with Gasteiger partial charge in [0.25, 0.3) is 5.91 Å². The Bertz CT molecular complexity index is 455. The van der Waals surface area contributed by atoms with Crippen LogP contribution >= 0.6 is 0 Å². The Morgan fingerprint density at radius 1 is 1.24 bits per heavy atom. The second-order valence-corrected chi connectivity index (χ2v) is 4.18. The lowest BCUT2D eigenvalue weighted by Crippen LogP contribution is -2.25. The van der Waals surface area contributed by atoms with Gasteiger partial charge in [0.1, 0.15) is 11.5 Å². The van der Waals surface area contributed by atoms with Gasteiger partial charge in [0, 0.05) is 12.6 Å². The third-order valence-electron chi connectivity index (χ3n) is 2.92. The molecule has 0 fully saturated rings. The summed E-state index contributed by atoms with van der Waals surface area (Å²) in [6.45, 7) is 10.5. The third-order valence-corrected chi connectivity index (χ3v) is 2.92. The first kappa shape index (κ1) is 19.0. The Morgan fingerprint density at radius 3 is 2.43 bits per heavy atom. The van der Waals surface area contributed by atoms with Crippen molar-refractivity contribution in [2.24, 2.45) is 0 Å². The van der Waals surface area contributed by atoms with Gasteiger partial charge in [-0.15, -0.1) is 0 Å². The summed E-state index contributed by atoms with van der Waals surface area (Å²) in [5.41, 5.74) is 1.63. The molecule has 0 aliphatic heterocycles. The van der Waals surface area contributed by atoms with Crippen molar-refractivity contribution in [1.82, 2.24) is 5.32 Å². The maximum Gasteiger partial charge on any atom is 0.255 e. The van der Waals surface area contributed by atoms with E-state index in [-0.39, 0.29) is 5.91 Å². The smallest absolute Gasteiger partial charge is 0.255 e. The highest BCUT2D eigenvalue weighted by Gasteiger charge is 2.12. The lowest BCUT2D eigenvalue weighted by Gasteiger charge is -2.11. The molecule has 1 N–H and O–H groups in total. The second kappa shape index (κ2) is 10.8. The predicted molar refractivity (Wildman–Crippen MR) is 87.3 cm³/mol. The van der Waals surface area contributed by atoms with Gasteiger partial charge in [0.05, 0.1) is 19.8 Å². The normalized spacial score (nSPS) is 9.19. The summed E-state index contributed by atoms with van der Waals surface area (Å²) >= 11 is 0. The molecule has 0 aromatic heterocycles. The van der Waals surface area contributed by atoms with E-state index in [1.165, 1.54) is 7.11 Å². The van der Waals surface area contributed by atoms with Gasteiger partial charge in [0.15, 0.2) is 0 Å². The van der Waals surface area contributed by atoms with Crippen LogP contribution in [0, 0.1) is 0 Å². The molecular formula is C17H27NO3. The summed E-state index contributed by atoms with van der Waals surface area (Å²) in [4.78, 5) is 12.0. The highest BCUT2D eigenvalue weighted by atomic mass is 16.5. The van der Waals surface area contributed by atoms with E-state index in [2.05, 4.69) is 18.8 Å². The number of benzene rings is 1. The topological polar surface area (TPSA) is 47.6 Å². The Morgan fingerprint density at radius 2 is 1.90 bits per heavy atom. The fourth-order valence-corrected chi connectivity index (χ4v) is 1.61. The van der Waals surface area contributed by atoms with Crippen LogP contribution in [0.5, 0.6) is 11.5 Å². The molecule has 0 aliphatic carbocycles. The van der Waals surface area contributed by atoms with Crippen molar-refractivity contribution in [1.29, 1.82) is 0 Å². The first-order valence-electron chi connectivity index (χ1n) is 7.29. The number of ether oxygens (including phenoxy) is 2. The minimum Gasteiger partial charge on any atom is -0.497 e. The van der Waals surface area contributed by atoms with E-state index in [1.54, 1.807) is 25.3 Å². The van der Waals surface area contributed by atoms with Gasteiger partial charge >= 0.3 is 0 Å². The zero-order valence-electron chi connectivity index (χ0n) is 13.8. The van der Waals surface area contributed by atoms with Crippen LogP contribution in [0.25, 0.3) is 0 Å². The molecule has 4 heteroatoms. The molecule has 1 amide bonds. The number of carbonyl (C=O) groups excluding carboxylic acids is 1. The maximum absolute atomic E-state index is 12.0. The summed E-state index contributed by atoms with van der Waals surface area (Å²) in [6.07, 6.45) is 1.72. The molecule has 0 aliphatic rings. The Kier molecular flexibility index (Phi) is 9.76. The minimum atomic E-state index is -0.150. The van der Waals surface area contributed by atoms with Gasteiger partial charge in [-0.1, -0.05) is 32.9 Å². The van der Waals surface area contributed by atoms with Crippen LogP contribution in [0.1, 0.15) is 44.0 Å². The summed E-state index contributed by atoms with van der Waals surface area (Å²) in [6, 6.07) is 5.13. The molecule has 0 saturated heterocycles. The zero-order valence-corrected chi connectivity index (χ0v) is 13.8. The number of hydrogen-bond donors (Lipinski definition) is 1. The van der Waals surface area contributed by atoms with Gasteiger partial charge < -0.3 is 14.8 Å². The summed E-state index contributed by atoms with van der Waals surface area (Å²) < 4.78 is 10.3. The molecule has 21 heavy (non-hydrogen) atoms. The minimum absolute atomic E-state index is 0.150. The van der Waals surface area contributed by atoms with Gasteiger partial charge in [-0.25, -0.2) is 0 Å². The van der Waals surface area contributed by atoms with Crippen molar-refractivity contribution < 1.29 is 14.3 Å². The highest BCUT2D eigenvalue weighted by Crippen LogP contribution is 2.24.